The number of sulfonamides is 2. The number of pyridine rings is 4. The number of aromatic nitrogens is 12. The SMILES string of the molecule is CS(=O)(=O)NCc1cc(F)cc(-c2cccc3[nH]c(-c4[nH]nc5ncc(-c6cncc(CN7CCCC(c8ccc(-c9cc(F)cc(CNS(C)(=O)=O)c9)c9[nH]c(-c%10[nH]nc%11ncc(-c%12cncc(CN%13CCCC%13)c%12)cc%10%11)nc89)C7)c6)cc45)nc23)c1. The van der Waals surface area contributed by atoms with Crippen molar-refractivity contribution in [2.24, 2.45) is 0 Å². The zero-order valence-corrected chi connectivity index (χ0v) is 49.0. The Bertz CT molecular complexity index is 4880. The standard InChI is InChI=1S/C63H58F2N16O4S2/c1-86(82,83)70-27-36-15-41(21-47(64)19-36)49-8-5-9-54-55(49)73-62(72-54)58-52-23-45(31-68-60(52)78-76-58)44-18-39(26-67-30-44)34-81-14-6-7-40(35-81)50-10-11-51(42-16-37(20-48(65)22-42)28-71-87(2,84)85)57-56(50)74-63(75-57)59-53-24-46(32-69-61(53)79-77-59)43-17-38(25-66-29-43)33-80-12-3-4-13-80/h5,8-11,15-26,29-32,40,70-71H,3-4,6-7,12-14,27-28,33-35H2,1-2H3,(H,72,73)(H,74,75)(H,68,76,78)(H,69,77,79). The van der Waals surface area contributed by atoms with Crippen molar-refractivity contribution < 1.29 is 25.6 Å². The second kappa shape index (κ2) is 22.7. The number of likely N-dealkylation sites (tertiary alicyclic amines) is 2. The second-order valence-corrected chi connectivity index (χ2v) is 26.5. The van der Waals surface area contributed by atoms with Crippen molar-refractivity contribution >= 4 is 64.2 Å². The van der Waals surface area contributed by atoms with E-state index in [1.54, 1.807) is 18.3 Å². The van der Waals surface area contributed by atoms with Crippen LogP contribution in [-0.2, 0) is 46.2 Å². The average Bonchev–Trinajstić information content (AvgIpc) is 3.37. The Labute approximate surface area is 498 Å². The predicted octanol–water partition coefficient (Wildman–Crippen LogP) is 10.1. The normalized spacial score (nSPS) is 15.5. The van der Waals surface area contributed by atoms with Gasteiger partial charge >= 0.3 is 0 Å². The molecule has 0 saturated carbocycles. The summed E-state index contributed by atoms with van der Waals surface area (Å²) in [4.78, 5) is 41.1. The Morgan fingerprint density at radius 2 is 1.09 bits per heavy atom. The molecule has 87 heavy (non-hydrogen) atoms. The number of benzene rings is 4. The fourth-order valence-corrected chi connectivity index (χ4v) is 13.1. The van der Waals surface area contributed by atoms with Crippen molar-refractivity contribution in [3.63, 3.8) is 0 Å². The molecule has 0 amide bonds. The number of para-hydroxylation sites is 1. The van der Waals surface area contributed by atoms with Gasteiger partial charge in [0.15, 0.2) is 22.9 Å². The summed E-state index contributed by atoms with van der Waals surface area (Å²) >= 11 is 0. The third kappa shape index (κ3) is 11.9. The fourth-order valence-electron chi connectivity index (χ4n) is 12.3. The molecule has 20 nitrogen and oxygen atoms in total. The molecule has 2 fully saturated rings. The van der Waals surface area contributed by atoms with E-state index in [1.165, 1.54) is 37.1 Å². The van der Waals surface area contributed by atoms with E-state index in [0.717, 1.165) is 113 Å². The van der Waals surface area contributed by atoms with Gasteiger partial charge in [0, 0.05) is 103 Å². The molecule has 6 N–H and O–H groups in total. The number of imidazole rings is 2. The maximum atomic E-state index is 15.6. The fraction of sp³-hybridized carbons (Fsp3) is 0.238. The molecule has 0 spiro atoms. The first-order valence-electron chi connectivity index (χ1n) is 28.6. The molecule has 24 heteroatoms. The van der Waals surface area contributed by atoms with E-state index in [1.807, 2.05) is 61.3 Å². The zero-order chi connectivity index (χ0) is 59.6. The summed E-state index contributed by atoms with van der Waals surface area (Å²) in [6.45, 7) is 5.07. The van der Waals surface area contributed by atoms with E-state index in [2.05, 4.69) is 78.9 Å². The summed E-state index contributed by atoms with van der Waals surface area (Å²) in [5, 5.41) is 17.0. The lowest BCUT2D eigenvalue weighted by Crippen LogP contribution is -2.34. The van der Waals surface area contributed by atoms with E-state index in [4.69, 9.17) is 24.9 Å². The molecular formula is C63H58F2N16O4S2. The van der Waals surface area contributed by atoms with Crippen LogP contribution >= 0.6 is 0 Å². The van der Waals surface area contributed by atoms with Gasteiger partial charge in [-0.25, -0.2) is 55.0 Å². The predicted molar refractivity (Wildman–Crippen MR) is 330 cm³/mol. The van der Waals surface area contributed by atoms with Crippen LogP contribution in [0.4, 0.5) is 8.78 Å². The van der Waals surface area contributed by atoms with Gasteiger partial charge in [0.2, 0.25) is 20.0 Å². The Hall–Kier alpha value is -9.04. The van der Waals surface area contributed by atoms with Crippen LogP contribution in [-0.4, -0.2) is 126 Å². The number of hydrogen-bond donors (Lipinski definition) is 6. The van der Waals surface area contributed by atoms with Gasteiger partial charge in [-0.05, 0) is 157 Å². The number of aromatic amines is 4. The van der Waals surface area contributed by atoms with Crippen LogP contribution in [0.1, 0.15) is 59.4 Å². The average molecular weight is 1210 g/mol. The summed E-state index contributed by atoms with van der Waals surface area (Å²) in [7, 11) is -7.05. The molecule has 1 unspecified atom stereocenters. The number of nitrogens with zero attached hydrogens (tertiary/aromatic N) is 10. The Balaban J connectivity index is 0.754. The minimum absolute atomic E-state index is 0.0627. The molecule has 0 bridgehead atoms. The lowest BCUT2D eigenvalue weighted by Gasteiger charge is -2.33. The number of hydrogen-bond acceptors (Lipinski definition) is 14. The van der Waals surface area contributed by atoms with Crippen molar-refractivity contribution in [3.05, 3.63) is 168 Å². The third-order valence-corrected chi connectivity index (χ3v) is 17.6. The smallest absolute Gasteiger partial charge is 0.209 e. The molecular weight excluding hydrogens is 1150 g/mol. The largest absolute Gasteiger partial charge is 0.337 e. The van der Waals surface area contributed by atoms with Crippen molar-refractivity contribution in [1.29, 1.82) is 0 Å². The van der Waals surface area contributed by atoms with Gasteiger partial charge in [0.05, 0.1) is 45.4 Å². The van der Waals surface area contributed by atoms with Gasteiger partial charge in [-0.2, -0.15) is 10.2 Å². The lowest BCUT2D eigenvalue weighted by molar-refractivity contribution is 0.200. The number of fused-ring (bicyclic) bond motifs is 4. The van der Waals surface area contributed by atoms with Crippen LogP contribution in [0, 0.1) is 11.6 Å². The Kier molecular flexibility index (Phi) is 14.5. The topological polar surface area (TPSA) is 265 Å². The van der Waals surface area contributed by atoms with E-state index in [9.17, 15) is 21.2 Å². The van der Waals surface area contributed by atoms with Crippen LogP contribution in [0.25, 0.3) is 112 Å². The van der Waals surface area contributed by atoms with Crippen LogP contribution < -0.4 is 9.44 Å². The number of rotatable bonds is 17. The first-order valence-corrected chi connectivity index (χ1v) is 32.4. The third-order valence-electron chi connectivity index (χ3n) is 16.3. The molecule has 0 radical (unpaired) electrons. The molecule has 14 rings (SSSR count). The highest BCUT2D eigenvalue weighted by Gasteiger charge is 2.28. The van der Waals surface area contributed by atoms with Crippen LogP contribution in [0.3, 0.4) is 0 Å². The van der Waals surface area contributed by atoms with E-state index in [-0.39, 0.29) is 19.0 Å². The number of halogens is 2. The molecule has 4 aromatic carbocycles. The Morgan fingerprint density at radius 1 is 0.552 bits per heavy atom. The quantitative estimate of drug-likeness (QED) is 0.0496. The molecule has 12 aromatic rings. The van der Waals surface area contributed by atoms with Crippen molar-refractivity contribution in [1.82, 2.24) is 79.5 Å². The van der Waals surface area contributed by atoms with Gasteiger partial charge in [0.1, 0.15) is 23.0 Å². The van der Waals surface area contributed by atoms with Gasteiger partial charge in [-0.3, -0.25) is 30.0 Å². The minimum Gasteiger partial charge on any atom is -0.337 e. The number of H-pyrrole nitrogens is 4. The van der Waals surface area contributed by atoms with Crippen LogP contribution in [0.15, 0.2) is 128 Å². The van der Waals surface area contributed by atoms with Gasteiger partial charge in [-0.15, -0.1) is 0 Å². The second-order valence-electron chi connectivity index (χ2n) is 22.8. The molecule has 1 atom stereocenters. The summed E-state index contributed by atoms with van der Waals surface area (Å²) < 4.78 is 83.3. The summed E-state index contributed by atoms with van der Waals surface area (Å²) in [6, 6.07) is 27.1. The van der Waals surface area contributed by atoms with Crippen molar-refractivity contribution in [3.8, 4) is 67.5 Å². The minimum atomic E-state index is -3.55. The van der Waals surface area contributed by atoms with Crippen LogP contribution in [0.5, 0.6) is 0 Å². The summed E-state index contributed by atoms with van der Waals surface area (Å²) in [5.74, 6) is 0.0985. The maximum absolute atomic E-state index is 15.6. The number of nitrogens with one attached hydrogen (secondary N) is 6. The summed E-state index contributed by atoms with van der Waals surface area (Å²) in [5.41, 5.74) is 15.1. The molecule has 2 saturated heterocycles. The summed E-state index contributed by atoms with van der Waals surface area (Å²) in [6.07, 6.45) is 17.5. The number of piperidine rings is 1. The van der Waals surface area contributed by atoms with Crippen LogP contribution in [0.2, 0.25) is 0 Å². The molecule has 2 aliphatic rings. The monoisotopic (exact) mass is 1200 g/mol. The van der Waals surface area contributed by atoms with Gasteiger partial charge < -0.3 is 9.97 Å². The van der Waals surface area contributed by atoms with E-state index >= 15 is 4.39 Å². The zero-order valence-electron chi connectivity index (χ0n) is 47.4. The first kappa shape index (κ1) is 55.8. The molecule has 8 aromatic heterocycles. The highest BCUT2D eigenvalue weighted by atomic mass is 32.2. The maximum Gasteiger partial charge on any atom is 0.209 e. The van der Waals surface area contributed by atoms with Gasteiger partial charge in [0.25, 0.3) is 0 Å². The van der Waals surface area contributed by atoms with Crippen molar-refractivity contribution in [2.75, 3.05) is 38.7 Å². The lowest BCUT2D eigenvalue weighted by atomic mass is 9.88. The Morgan fingerprint density at radius 3 is 1.70 bits per heavy atom. The van der Waals surface area contributed by atoms with Crippen molar-refractivity contribution in [2.45, 2.75) is 57.8 Å². The highest BCUT2D eigenvalue weighted by Crippen LogP contribution is 2.40. The molecule has 10 heterocycles. The van der Waals surface area contributed by atoms with Gasteiger partial charge in [-0.1, -0.05) is 24.3 Å². The molecule has 440 valence electrons. The molecule has 0 aliphatic carbocycles. The van der Waals surface area contributed by atoms with E-state index in [0.29, 0.717) is 90.8 Å². The molecule has 2 aliphatic heterocycles. The van der Waals surface area contributed by atoms with E-state index < -0.39 is 31.7 Å². The first-order chi connectivity index (χ1) is 42.1. The highest BCUT2D eigenvalue weighted by molar-refractivity contribution is 7.88.